The highest BCUT2D eigenvalue weighted by Gasteiger charge is 2.01. The minimum absolute atomic E-state index is 0.297. The van der Waals surface area contributed by atoms with Crippen LogP contribution in [-0.2, 0) is 4.74 Å². The zero-order chi connectivity index (χ0) is 12.7. The molecular formula is C11H14BrFN2OS. The summed E-state index contributed by atoms with van der Waals surface area (Å²) in [7, 11) is 1.66. The lowest BCUT2D eigenvalue weighted by molar-refractivity contribution is 0.196. The van der Waals surface area contributed by atoms with Gasteiger partial charge in [0.2, 0.25) is 0 Å². The quantitative estimate of drug-likeness (QED) is 0.645. The van der Waals surface area contributed by atoms with Gasteiger partial charge in [-0.3, -0.25) is 0 Å². The average molecular weight is 321 g/mol. The van der Waals surface area contributed by atoms with E-state index >= 15 is 0 Å². The topological polar surface area (TPSA) is 33.3 Å². The van der Waals surface area contributed by atoms with E-state index in [0.717, 1.165) is 18.7 Å². The Morgan fingerprint density at radius 1 is 1.53 bits per heavy atom. The monoisotopic (exact) mass is 320 g/mol. The molecular weight excluding hydrogens is 307 g/mol. The molecule has 0 amide bonds. The van der Waals surface area contributed by atoms with E-state index < -0.39 is 0 Å². The Bertz CT molecular complexity index is 390. The zero-order valence-corrected chi connectivity index (χ0v) is 11.8. The third-order valence-electron chi connectivity index (χ3n) is 1.99. The van der Waals surface area contributed by atoms with Gasteiger partial charge >= 0.3 is 0 Å². The van der Waals surface area contributed by atoms with Crippen LogP contribution in [0.2, 0.25) is 0 Å². The molecule has 1 rings (SSSR count). The van der Waals surface area contributed by atoms with Crippen LogP contribution >= 0.6 is 28.1 Å². The predicted molar refractivity (Wildman–Crippen MR) is 74.8 cm³/mol. The molecule has 6 heteroatoms. The lowest BCUT2D eigenvalue weighted by atomic mass is 10.3. The molecule has 0 atom stereocenters. The van der Waals surface area contributed by atoms with Crippen molar-refractivity contribution >= 4 is 38.9 Å². The maximum absolute atomic E-state index is 13.0. The molecule has 1 aromatic carbocycles. The van der Waals surface area contributed by atoms with Crippen LogP contribution in [0.3, 0.4) is 0 Å². The Morgan fingerprint density at radius 2 is 2.29 bits per heavy atom. The molecule has 0 aromatic heterocycles. The van der Waals surface area contributed by atoms with E-state index in [4.69, 9.17) is 17.0 Å². The van der Waals surface area contributed by atoms with Crippen molar-refractivity contribution in [2.24, 2.45) is 0 Å². The fourth-order valence-electron chi connectivity index (χ4n) is 1.17. The molecule has 0 spiro atoms. The Hall–Kier alpha value is -0.720. The molecule has 94 valence electrons. The van der Waals surface area contributed by atoms with Crippen LogP contribution in [0.5, 0.6) is 0 Å². The van der Waals surface area contributed by atoms with Gasteiger partial charge in [-0.25, -0.2) is 4.39 Å². The fourth-order valence-corrected chi connectivity index (χ4v) is 1.77. The molecule has 0 fully saturated rings. The molecule has 0 radical (unpaired) electrons. The van der Waals surface area contributed by atoms with Crippen molar-refractivity contribution in [3.63, 3.8) is 0 Å². The summed E-state index contributed by atoms with van der Waals surface area (Å²) in [5.74, 6) is -0.297. The third kappa shape index (κ3) is 5.43. The second-order valence-corrected chi connectivity index (χ2v) is 4.62. The van der Waals surface area contributed by atoms with Crippen LogP contribution in [0.4, 0.5) is 10.1 Å². The lowest BCUT2D eigenvalue weighted by Crippen LogP contribution is -2.29. The summed E-state index contributed by atoms with van der Waals surface area (Å²) in [4.78, 5) is 0. The van der Waals surface area contributed by atoms with Gasteiger partial charge in [0.05, 0.1) is 4.47 Å². The van der Waals surface area contributed by atoms with Crippen molar-refractivity contribution in [3.8, 4) is 0 Å². The Morgan fingerprint density at radius 3 is 2.94 bits per heavy atom. The summed E-state index contributed by atoms with van der Waals surface area (Å²) < 4.78 is 18.3. The molecule has 2 N–H and O–H groups in total. The van der Waals surface area contributed by atoms with E-state index in [-0.39, 0.29) is 5.82 Å². The average Bonchev–Trinajstić information content (AvgIpc) is 2.30. The highest BCUT2D eigenvalue weighted by molar-refractivity contribution is 9.10. The van der Waals surface area contributed by atoms with Gasteiger partial charge in [0.1, 0.15) is 5.82 Å². The number of rotatable bonds is 5. The van der Waals surface area contributed by atoms with Crippen molar-refractivity contribution in [1.82, 2.24) is 5.32 Å². The fraction of sp³-hybridized carbons (Fsp3) is 0.364. The standard InChI is InChI=1S/C11H14BrFN2OS/c1-16-6-2-5-14-11(17)15-8-3-4-10(13)9(12)7-8/h3-4,7H,2,5-6H2,1H3,(H2,14,15,17). The molecule has 17 heavy (non-hydrogen) atoms. The van der Waals surface area contributed by atoms with E-state index in [9.17, 15) is 4.39 Å². The van der Waals surface area contributed by atoms with Crippen molar-refractivity contribution in [3.05, 3.63) is 28.5 Å². The highest BCUT2D eigenvalue weighted by Crippen LogP contribution is 2.19. The molecule has 0 aliphatic carbocycles. The molecule has 0 aliphatic heterocycles. The molecule has 0 saturated heterocycles. The molecule has 0 aliphatic rings. The van der Waals surface area contributed by atoms with Gasteiger partial charge < -0.3 is 15.4 Å². The van der Waals surface area contributed by atoms with Crippen LogP contribution in [0.25, 0.3) is 0 Å². The number of benzene rings is 1. The second kappa shape index (κ2) is 7.58. The third-order valence-corrected chi connectivity index (χ3v) is 2.84. The summed E-state index contributed by atoms with van der Waals surface area (Å²) >= 11 is 8.20. The van der Waals surface area contributed by atoms with Crippen molar-refractivity contribution < 1.29 is 9.13 Å². The number of ether oxygens (including phenoxy) is 1. The molecule has 0 bridgehead atoms. The van der Waals surface area contributed by atoms with Crippen LogP contribution in [0, 0.1) is 5.82 Å². The first kappa shape index (κ1) is 14.3. The first-order chi connectivity index (χ1) is 8.13. The number of anilines is 1. The Balaban J connectivity index is 2.37. The molecule has 0 unspecified atom stereocenters. The van der Waals surface area contributed by atoms with E-state index in [0.29, 0.717) is 16.2 Å². The Labute approximate surface area is 114 Å². The van der Waals surface area contributed by atoms with Gasteiger partial charge in [-0.05, 0) is 52.8 Å². The van der Waals surface area contributed by atoms with Gasteiger partial charge in [-0.2, -0.15) is 0 Å². The van der Waals surface area contributed by atoms with Crippen LogP contribution < -0.4 is 10.6 Å². The van der Waals surface area contributed by atoms with Gasteiger partial charge in [-0.15, -0.1) is 0 Å². The first-order valence-corrected chi connectivity index (χ1v) is 6.32. The van der Waals surface area contributed by atoms with E-state index in [2.05, 4.69) is 26.6 Å². The summed E-state index contributed by atoms with van der Waals surface area (Å²) in [6.07, 6.45) is 0.880. The van der Waals surface area contributed by atoms with Crippen LogP contribution in [0.15, 0.2) is 22.7 Å². The maximum atomic E-state index is 13.0. The van der Waals surface area contributed by atoms with E-state index in [1.54, 1.807) is 19.2 Å². The van der Waals surface area contributed by atoms with Gasteiger partial charge in [0, 0.05) is 25.9 Å². The molecule has 0 heterocycles. The minimum atomic E-state index is -0.297. The molecule has 0 saturated carbocycles. The zero-order valence-electron chi connectivity index (χ0n) is 9.43. The highest BCUT2D eigenvalue weighted by atomic mass is 79.9. The summed E-state index contributed by atoms with van der Waals surface area (Å²) in [5.41, 5.74) is 0.738. The van der Waals surface area contributed by atoms with Crippen LogP contribution in [0.1, 0.15) is 6.42 Å². The van der Waals surface area contributed by atoms with Crippen LogP contribution in [-0.4, -0.2) is 25.4 Å². The van der Waals surface area contributed by atoms with Gasteiger partial charge in [-0.1, -0.05) is 0 Å². The van der Waals surface area contributed by atoms with Crippen molar-refractivity contribution in [2.75, 3.05) is 25.6 Å². The molecule has 3 nitrogen and oxygen atoms in total. The smallest absolute Gasteiger partial charge is 0.170 e. The first-order valence-electron chi connectivity index (χ1n) is 5.12. The number of halogens is 2. The largest absolute Gasteiger partial charge is 0.385 e. The summed E-state index contributed by atoms with van der Waals surface area (Å²) in [5, 5.41) is 6.51. The normalized spacial score (nSPS) is 10.1. The van der Waals surface area contributed by atoms with E-state index in [1.807, 2.05) is 0 Å². The Kier molecular flexibility index (Phi) is 6.39. The SMILES string of the molecule is COCCCNC(=S)Nc1ccc(F)c(Br)c1. The summed E-state index contributed by atoms with van der Waals surface area (Å²) in [6.45, 7) is 1.43. The maximum Gasteiger partial charge on any atom is 0.170 e. The lowest BCUT2D eigenvalue weighted by Gasteiger charge is -2.10. The number of nitrogens with one attached hydrogen (secondary N) is 2. The number of methoxy groups -OCH3 is 1. The second-order valence-electron chi connectivity index (χ2n) is 3.36. The molecule has 1 aromatic rings. The van der Waals surface area contributed by atoms with Crippen molar-refractivity contribution in [1.29, 1.82) is 0 Å². The number of thiocarbonyl (C=S) groups is 1. The summed E-state index contributed by atoms with van der Waals surface area (Å²) in [6, 6.07) is 4.64. The number of hydrogen-bond donors (Lipinski definition) is 2. The van der Waals surface area contributed by atoms with Gasteiger partial charge in [0.15, 0.2) is 5.11 Å². The van der Waals surface area contributed by atoms with Crippen molar-refractivity contribution in [2.45, 2.75) is 6.42 Å². The van der Waals surface area contributed by atoms with E-state index in [1.165, 1.54) is 6.07 Å². The minimum Gasteiger partial charge on any atom is -0.385 e. The predicted octanol–water partition coefficient (Wildman–Crippen LogP) is 2.91. The number of hydrogen-bond acceptors (Lipinski definition) is 2. The van der Waals surface area contributed by atoms with Gasteiger partial charge in [0.25, 0.3) is 0 Å².